The second kappa shape index (κ2) is 7.90. The molecule has 3 aromatic heterocycles. The predicted octanol–water partition coefficient (Wildman–Crippen LogP) is 4.24. The molecule has 0 bridgehead atoms. The summed E-state index contributed by atoms with van der Waals surface area (Å²) in [6.45, 7) is 5.87. The molecule has 0 spiro atoms. The van der Waals surface area contributed by atoms with Gasteiger partial charge in [-0.05, 0) is 91.5 Å². The first-order valence-corrected chi connectivity index (χ1v) is 10.6. The summed E-state index contributed by atoms with van der Waals surface area (Å²) in [5.41, 5.74) is 9.04. The molecule has 0 fully saturated rings. The Morgan fingerprint density at radius 1 is 0.719 bits per heavy atom. The van der Waals surface area contributed by atoms with Gasteiger partial charge in [-0.1, -0.05) is 12.1 Å². The number of pyridine rings is 2. The van der Waals surface area contributed by atoms with Crippen molar-refractivity contribution in [1.29, 1.82) is 0 Å². The fraction of sp³-hybridized carbons (Fsp3) is 0.154. The number of benzene rings is 2. The van der Waals surface area contributed by atoms with Crippen molar-refractivity contribution in [2.75, 3.05) is 0 Å². The van der Waals surface area contributed by atoms with E-state index in [1.807, 2.05) is 39.0 Å². The Morgan fingerprint density at radius 2 is 1.38 bits per heavy atom. The number of nitrogens with zero attached hydrogens (tertiary/aromatic N) is 2. The molecule has 5 nitrogen and oxygen atoms in total. The van der Waals surface area contributed by atoms with Gasteiger partial charge in [0.25, 0.3) is 0 Å². The highest BCUT2D eigenvalue weighted by Crippen LogP contribution is 2.33. The Hall–Kier alpha value is -3.48. The van der Waals surface area contributed by atoms with Crippen molar-refractivity contribution in [2.45, 2.75) is 27.2 Å². The Labute approximate surface area is 186 Å². The largest absolute Gasteiger partial charge is 0.488 e. The standard InChI is InChI=1S/C26H23BN2O3/c1-15-8-20(9-16(2)28-15)19-5-7-26-24(13-19)23-12-18(4-6-25(23)32-26)11-22-14-21(27(30)31)10-17(3)29-22/h4-10,12-14,30-31H,11H2,1-3H3. The molecule has 0 aliphatic heterocycles. The molecule has 0 saturated carbocycles. The average molecular weight is 422 g/mol. The Kier molecular flexibility index (Phi) is 5.04. The highest BCUT2D eigenvalue weighted by Gasteiger charge is 2.14. The van der Waals surface area contributed by atoms with E-state index in [0.29, 0.717) is 11.9 Å². The minimum Gasteiger partial charge on any atom is -0.456 e. The summed E-state index contributed by atoms with van der Waals surface area (Å²) < 4.78 is 6.07. The highest BCUT2D eigenvalue weighted by molar-refractivity contribution is 6.58. The van der Waals surface area contributed by atoms with Gasteiger partial charge >= 0.3 is 7.12 Å². The molecule has 2 N–H and O–H groups in total. The van der Waals surface area contributed by atoms with Crippen LogP contribution >= 0.6 is 0 Å². The molecule has 2 aromatic carbocycles. The summed E-state index contributed by atoms with van der Waals surface area (Å²) in [6, 6.07) is 20.0. The van der Waals surface area contributed by atoms with Gasteiger partial charge in [-0.25, -0.2) is 0 Å². The quantitative estimate of drug-likeness (QED) is 0.424. The van der Waals surface area contributed by atoms with E-state index in [4.69, 9.17) is 4.42 Å². The first-order valence-electron chi connectivity index (χ1n) is 10.6. The highest BCUT2D eigenvalue weighted by atomic mass is 16.4. The third-order valence-electron chi connectivity index (χ3n) is 5.66. The zero-order valence-corrected chi connectivity index (χ0v) is 18.3. The number of aryl methyl sites for hydroxylation is 3. The van der Waals surface area contributed by atoms with Gasteiger partial charge in [0.15, 0.2) is 0 Å². The molecule has 6 heteroatoms. The maximum Gasteiger partial charge on any atom is 0.488 e. The summed E-state index contributed by atoms with van der Waals surface area (Å²) in [5, 5.41) is 21.2. The lowest BCUT2D eigenvalue weighted by atomic mass is 9.80. The van der Waals surface area contributed by atoms with Crippen LogP contribution in [0.3, 0.4) is 0 Å². The molecule has 32 heavy (non-hydrogen) atoms. The van der Waals surface area contributed by atoms with Crippen LogP contribution in [0.15, 0.2) is 65.1 Å². The fourth-order valence-electron chi connectivity index (χ4n) is 4.33. The van der Waals surface area contributed by atoms with E-state index in [1.165, 1.54) is 0 Å². The summed E-state index contributed by atoms with van der Waals surface area (Å²) in [7, 11) is -1.50. The van der Waals surface area contributed by atoms with E-state index < -0.39 is 7.12 Å². The number of aromatic nitrogens is 2. The molecule has 158 valence electrons. The number of hydrogen-bond acceptors (Lipinski definition) is 5. The number of rotatable bonds is 4. The third kappa shape index (κ3) is 3.90. The molecule has 5 aromatic rings. The van der Waals surface area contributed by atoms with E-state index >= 15 is 0 Å². The molecule has 0 aliphatic rings. The predicted molar refractivity (Wildman–Crippen MR) is 128 cm³/mol. The van der Waals surface area contributed by atoms with Crippen LogP contribution in [-0.2, 0) is 6.42 Å². The van der Waals surface area contributed by atoms with Crippen LogP contribution in [0, 0.1) is 20.8 Å². The molecule has 5 rings (SSSR count). The molecular formula is C26H23BN2O3. The van der Waals surface area contributed by atoms with Gasteiger partial charge < -0.3 is 14.5 Å². The first kappa shape index (κ1) is 20.4. The molecule has 0 atom stereocenters. The SMILES string of the molecule is Cc1cc(-c2ccc3oc4ccc(Cc5cc(B(O)O)cc(C)n5)cc4c3c2)cc(C)n1. The Morgan fingerprint density at radius 3 is 2.09 bits per heavy atom. The topological polar surface area (TPSA) is 79.4 Å². The van der Waals surface area contributed by atoms with Crippen molar-refractivity contribution < 1.29 is 14.5 Å². The van der Waals surface area contributed by atoms with Gasteiger partial charge in [-0.3, -0.25) is 9.97 Å². The van der Waals surface area contributed by atoms with E-state index in [9.17, 15) is 10.0 Å². The molecule has 0 saturated heterocycles. The maximum atomic E-state index is 9.54. The van der Waals surface area contributed by atoms with Crippen LogP contribution in [0.5, 0.6) is 0 Å². The van der Waals surface area contributed by atoms with Gasteiger partial charge in [0.2, 0.25) is 0 Å². The van der Waals surface area contributed by atoms with Crippen molar-refractivity contribution in [2.24, 2.45) is 0 Å². The van der Waals surface area contributed by atoms with Crippen molar-refractivity contribution >= 4 is 34.5 Å². The maximum absolute atomic E-state index is 9.54. The molecule has 0 amide bonds. The van der Waals surface area contributed by atoms with Crippen LogP contribution in [0.2, 0.25) is 0 Å². The van der Waals surface area contributed by atoms with Crippen molar-refractivity contribution in [3.63, 3.8) is 0 Å². The molecule has 0 unspecified atom stereocenters. The zero-order chi connectivity index (χ0) is 22.4. The normalized spacial score (nSPS) is 11.4. The summed E-state index contributed by atoms with van der Waals surface area (Å²) >= 11 is 0. The number of fused-ring (bicyclic) bond motifs is 3. The van der Waals surface area contributed by atoms with Gasteiger partial charge in [0.05, 0.1) is 0 Å². The Balaban J connectivity index is 1.58. The van der Waals surface area contributed by atoms with Crippen LogP contribution in [0.4, 0.5) is 0 Å². The molecule has 0 radical (unpaired) electrons. The van der Waals surface area contributed by atoms with Crippen LogP contribution in [-0.4, -0.2) is 27.1 Å². The summed E-state index contributed by atoms with van der Waals surface area (Å²) in [6.07, 6.45) is 0.590. The third-order valence-corrected chi connectivity index (χ3v) is 5.66. The van der Waals surface area contributed by atoms with Gasteiger partial charge in [0, 0.05) is 40.0 Å². The van der Waals surface area contributed by atoms with Crippen molar-refractivity contribution in [1.82, 2.24) is 9.97 Å². The monoisotopic (exact) mass is 422 g/mol. The van der Waals surface area contributed by atoms with Crippen LogP contribution in [0.25, 0.3) is 33.1 Å². The van der Waals surface area contributed by atoms with Gasteiger partial charge in [0.1, 0.15) is 11.2 Å². The number of furan rings is 1. The minimum atomic E-state index is -1.50. The lowest BCUT2D eigenvalue weighted by Gasteiger charge is -2.07. The summed E-state index contributed by atoms with van der Waals surface area (Å²) in [5.74, 6) is 0. The van der Waals surface area contributed by atoms with Crippen LogP contribution in [0.1, 0.15) is 28.3 Å². The molecule has 3 heterocycles. The van der Waals surface area contributed by atoms with E-state index in [0.717, 1.165) is 61.4 Å². The second-order valence-electron chi connectivity index (χ2n) is 8.37. The second-order valence-corrected chi connectivity index (χ2v) is 8.37. The fourth-order valence-corrected chi connectivity index (χ4v) is 4.33. The van der Waals surface area contributed by atoms with Crippen molar-refractivity contribution in [3.8, 4) is 11.1 Å². The lowest BCUT2D eigenvalue weighted by Crippen LogP contribution is -2.30. The summed E-state index contributed by atoms with van der Waals surface area (Å²) in [4.78, 5) is 9.04. The van der Waals surface area contributed by atoms with Gasteiger partial charge in [-0.2, -0.15) is 0 Å². The number of hydrogen-bond donors (Lipinski definition) is 2. The zero-order valence-electron chi connectivity index (χ0n) is 18.3. The average Bonchev–Trinajstić information content (AvgIpc) is 3.10. The Bertz CT molecular complexity index is 1450. The minimum absolute atomic E-state index is 0.454. The van der Waals surface area contributed by atoms with Gasteiger partial charge in [-0.15, -0.1) is 0 Å². The molecular weight excluding hydrogens is 399 g/mol. The van der Waals surface area contributed by atoms with E-state index in [2.05, 4.69) is 40.3 Å². The van der Waals surface area contributed by atoms with E-state index in [1.54, 1.807) is 12.1 Å². The first-order chi connectivity index (χ1) is 15.4. The van der Waals surface area contributed by atoms with Crippen molar-refractivity contribution in [3.05, 3.63) is 89.0 Å². The van der Waals surface area contributed by atoms with Crippen LogP contribution < -0.4 is 5.46 Å². The molecule has 0 aliphatic carbocycles. The van der Waals surface area contributed by atoms with E-state index in [-0.39, 0.29) is 0 Å². The smallest absolute Gasteiger partial charge is 0.456 e. The lowest BCUT2D eigenvalue weighted by molar-refractivity contribution is 0.425.